The van der Waals surface area contributed by atoms with Gasteiger partial charge in [0.2, 0.25) is 0 Å². The fraction of sp³-hybridized carbons (Fsp3) is 0.333. The van der Waals surface area contributed by atoms with Crippen LogP contribution in [0.3, 0.4) is 0 Å². The summed E-state index contributed by atoms with van der Waals surface area (Å²) in [6, 6.07) is 7.33. The third kappa shape index (κ3) is 7.31. The molecule has 110 valence electrons. The lowest BCUT2D eigenvalue weighted by atomic mass is 10.4. The molecule has 0 aliphatic heterocycles. The molecule has 0 bridgehead atoms. The summed E-state index contributed by atoms with van der Waals surface area (Å²) in [6.07, 6.45) is -1.01. The quantitative estimate of drug-likeness (QED) is 0.317. The third-order valence-electron chi connectivity index (χ3n) is 1.83. The number of hydrogen-bond donors (Lipinski definition) is 1. The van der Waals surface area contributed by atoms with Crippen molar-refractivity contribution in [3.8, 4) is 0 Å². The van der Waals surface area contributed by atoms with Crippen LogP contribution in [-0.2, 0) is 9.68 Å². The van der Waals surface area contributed by atoms with E-state index >= 15 is 0 Å². The highest BCUT2D eigenvalue weighted by Gasteiger charge is 2.16. The maximum atomic E-state index is 10.3. The molecule has 0 radical (unpaired) electrons. The lowest BCUT2D eigenvalue weighted by Gasteiger charge is -2.12. The monoisotopic (exact) mass is 338 g/mol. The van der Waals surface area contributed by atoms with Gasteiger partial charge in [-0.05, 0) is 18.2 Å². The Labute approximate surface area is 127 Å². The molecule has 0 heterocycles. The minimum Gasteiger partial charge on any atom is -0.312 e. The first-order valence-corrected chi connectivity index (χ1v) is 7.91. The average molecular weight is 338 g/mol. The van der Waals surface area contributed by atoms with Crippen LogP contribution < -0.4 is 0 Å². The normalized spacial score (nSPS) is 11.7. The number of benzene rings is 1. The zero-order chi connectivity index (χ0) is 15.0. The van der Waals surface area contributed by atoms with Crippen LogP contribution in [0.25, 0.3) is 0 Å². The van der Waals surface area contributed by atoms with Crippen LogP contribution in [0.5, 0.6) is 0 Å². The van der Waals surface area contributed by atoms with E-state index in [4.69, 9.17) is 0 Å². The molecule has 0 amide bonds. The molecule has 1 aromatic carbocycles. The van der Waals surface area contributed by atoms with Gasteiger partial charge in [-0.25, -0.2) is 0 Å². The molecule has 0 fully saturated rings. The predicted octanol–water partition coefficient (Wildman–Crippen LogP) is 2.50. The predicted molar refractivity (Wildman–Crippen MR) is 76.8 cm³/mol. The average Bonchev–Trinajstić information content (AvgIpc) is 2.35. The topological polar surface area (TPSA) is 105 Å². The van der Waals surface area contributed by atoms with Gasteiger partial charge in [-0.1, -0.05) is 27.7 Å². The molecule has 1 unspecified atom stereocenters. The van der Waals surface area contributed by atoms with Crippen LogP contribution in [0.2, 0.25) is 0 Å². The summed E-state index contributed by atoms with van der Waals surface area (Å²) in [4.78, 5) is 30.4. The van der Waals surface area contributed by atoms with Gasteiger partial charge in [0.15, 0.2) is 0 Å². The zero-order valence-electron chi connectivity index (χ0n) is 9.91. The molecule has 0 aliphatic rings. The smallest absolute Gasteiger partial charge is 0.294 e. The Hall–Kier alpha value is -1.33. The lowest BCUT2D eigenvalue weighted by Crippen LogP contribution is -2.26. The third-order valence-corrected chi connectivity index (χ3v) is 4.52. The second-order valence-electron chi connectivity index (χ2n) is 3.34. The Morgan fingerprint density at radius 3 is 2.65 bits per heavy atom. The van der Waals surface area contributed by atoms with Crippen LogP contribution >= 0.6 is 34.2 Å². The molecular formula is C9H10N2O6S3. The first-order valence-electron chi connectivity index (χ1n) is 5.14. The molecule has 8 nitrogen and oxygen atoms in total. The van der Waals surface area contributed by atoms with Crippen molar-refractivity contribution in [3.63, 3.8) is 0 Å². The van der Waals surface area contributed by atoms with Crippen LogP contribution in [0, 0.1) is 20.2 Å². The lowest BCUT2D eigenvalue weighted by molar-refractivity contribution is -0.788. The van der Waals surface area contributed by atoms with E-state index in [-0.39, 0.29) is 5.75 Å². The standard InChI is InChI=1S/C9H10N2O6S3/c12-10(13)16-5-7(17-11(14)15)6-19-20-9-3-1-2-8(18)4-9/h1-4,7,18H,5-6H2. The molecule has 0 saturated heterocycles. The number of thiol groups is 1. The SMILES string of the molecule is O=[N+]([O-])OCC(CSSc1cccc(S)c1)O[N+](=O)[O-]. The van der Waals surface area contributed by atoms with Crippen molar-refractivity contribution in [2.75, 3.05) is 12.4 Å². The van der Waals surface area contributed by atoms with E-state index in [1.807, 2.05) is 24.3 Å². The van der Waals surface area contributed by atoms with Crippen LogP contribution in [0.15, 0.2) is 34.1 Å². The van der Waals surface area contributed by atoms with Crippen LogP contribution in [0.1, 0.15) is 0 Å². The van der Waals surface area contributed by atoms with Crippen LogP contribution in [0.4, 0.5) is 0 Å². The number of rotatable bonds is 9. The van der Waals surface area contributed by atoms with Gasteiger partial charge in [0.1, 0.15) is 12.7 Å². The van der Waals surface area contributed by atoms with Crippen molar-refractivity contribution in [2.45, 2.75) is 15.9 Å². The summed E-state index contributed by atoms with van der Waals surface area (Å²) in [5.74, 6) is 0.163. The van der Waals surface area contributed by atoms with Gasteiger partial charge >= 0.3 is 0 Å². The summed E-state index contributed by atoms with van der Waals surface area (Å²) in [5.41, 5.74) is 0. The minimum absolute atomic E-state index is 0.163. The molecule has 11 heteroatoms. The zero-order valence-corrected chi connectivity index (χ0v) is 12.4. The number of hydrogen-bond acceptors (Lipinski definition) is 9. The first kappa shape index (κ1) is 16.7. The maximum Gasteiger partial charge on any atom is 0.294 e. The Bertz CT molecular complexity index is 475. The van der Waals surface area contributed by atoms with Gasteiger partial charge in [-0.15, -0.1) is 32.9 Å². The maximum absolute atomic E-state index is 10.3. The van der Waals surface area contributed by atoms with E-state index in [2.05, 4.69) is 22.3 Å². The molecule has 1 aromatic rings. The number of nitrogens with zero attached hydrogens (tertiary/aromatic N) is 2. The van der Waals surface area contributed by atoms with E-state index in [1.54, 1.807) is 0 Å². The first-order chi connectivity index (χ1) is 9.47. The van der Waals surface area contributed by atoms with Gasteiger partial charge in [0.05, 0.1) is 0 Å². The van der Waals surface area contributed by atoms with Gasteiger partial charge in [0.25, 0.3) is 10.2 Å². The summed E-state index contributed by atoms with van der Waals surface area (Å²) >= 11 is 4.19. The fourth-order valence-electron chi connectivity index (χ4n) is 1.09. The molecule has 1 rings (SSSR count). The largest absolute Gasteiger partial charge is 0.312 e. The summed E-state index contributed by atoms with van der Waals surface area (Å²) in [6.45, 7) is -0.492. The Balaban J connectivity index is 2.40. The molecule has 0 spiro atoms. The van der Waals surface area contributed by atoms with E-state index in [1.165, 1.54) is 21.6 Å². The molecule has 0 N–H and O–H groups in total. The van der Waals surface area contributed by atoms with Crippen molar-refractivity contribution in [1.29, 1.82) is 0 Å². The highest BCUT2D eigenvalue weighted by Crippen LogP contribution is 2.32. The molecule has 0 saturated carbocycles. The summed E-state index contributed by atoms with van der Waals surface area (Å²) < 4.78 is 0. The van der Waals surface area contributed by atoms with E-state index < -0.39 is 22.9 Å². The van der Waals surface area contributed by atoms with Crippen molar-refractivity contribution >= 4 is 34.2 Å². The molecule has 1 atom stereocenters. The highest BCUT2D eigenvalue weighted by molar-refractivity contribution is 8.76. The molecular weight excluding hydrogens is 328 g/mol. The Morgan fingerprint density at radius 2 is 2.05 bits per heavy atom. The second-order valence-corrected chi connectivity index (χ2v) is 6.27. The van der Waals surface area contributed by atoms with Crippen molar-refractivity contribution in [3.05, 3.63) is 44.5 Å². The molecule has 0 aliphatic carbocycles. The van der Waals surface area contributed by atoms with Gasteiger partial charge < -0.3 is 9.68 Å². The van der Waals surface area contributed by atoms with Crippen molar-refractivity contribution in [1.82, 2.24) is 0 Å². The summed E-state index contributed by atoms with van der Waals surface area (Å²) in [7, 11) is 2.63. The van der Waals surface area contributed by atoms with E-state index in [9.17, 15) is 20.2 Å². The van der Waals surface area contributed by atoms with Crippen molar-refractivity contribution < 1.29 is 19.8 Å². The Kier molecular flexibility index (Phi) is 7.33. The molecule has 20 heavy (non-hydrogen) atoms. The molecule has 0 aromatic heterocycles. The van der Waals surface area contributed by atoms with Crippen LogP contribution in [-0.4, -0.2) is 28.6 Å². The summed E-state index contributed by atoms with van der Waals surface area (Å²) in [5, 5.41) is 18.3. The van der Waals surface area contributed by atoms with E-state index in [0.29, 0.717) is 0 Å². The van der Waals surface area contributed by atoms with Gasteiger partial charge in [-0.2, -0.15) is 0 Å². The van der Waals surface area contributed by atoms with E-state index in [0.717, 1.165) is 9.79 Å². The van der Waals surface area contributed by atoms with Gasteiger partial charge in [0, 0.05) is 15.5 Å². The Morgan fingerprint density at radius 1 is 1.30 bits per heavy atom. The second kappa shape index (κ2) is 8.76. The fourth-order valence-corrected chi connectivity index (χ4v) is 3.60. The van der Waals surface area contributed by atoms with Crippen molar-refractivity contribution in [2.24, 2.45) is 0 Å². The minimum atomic E-state index is -1.02. The van der Waals surface area contributed by atoms with Gasteiger partial charge in [-0.3, -0.25) is 0 Å². The highest BCUT2D eigenvalue weighted by atomic mass is 33.1.